The number of hydrogen-bond acceptors (Lipinski definition) is 19. The third kappa shape index (κ3) is 17.2. The highest BCUT2D eigenvalue weighted by Crippen LogP contribution is 2.46. The highest BCUT2D eigenvalue weighted by atomic mass is 19.1. The Morgan fingerprint density at radius 2 is 1.41 bits per heavy atom. The van der Waals surface area contributed by atoms with Gasteiger partial charge in [0, 0.05) is 60.1 Å². The van der Waals surface area contributed by atoms with Crippen molar-refractivity contribution >= 4 is 82.1 Å². The zero-order chi connectivity index (χ0) is 69.0. The van der Waals surface area contributed by atoms with Gasteiger partial charge in [-0.15, -0.1) is 0 Å². The van der Waals surface area contributed by atoms with E-state index in [-0.39, 0.29) is 142 Å². The van der Waals surface area contributed by atoms with Crippen LogP contribution in [0.2, 0.25) is 0 Å². The molecule has 7 rings (SSSR count). The van der Waals surface area contributed by atoms with E-state index in [1.54, 1.807) is 27.7 Å². The van der Waals surface area contributed by atoms with E-state index in [9.17, 15) is 62.6 Å². The van der Waals surface area contributed by atoms with Gasteiger partial charge in [0.15, 0.2) is 5.60 Å². The SMILES string of the molecule is CC[C@@]1(O)C(=O)OCc2c1cc1n(c2=O)Cc2c-1nc1cc(F)c(C)c3c1c2[C@@H](NC(=O)O[C@@H](C(=O)OC)c1ccc(NC(=O)[C@H](CCCNC(N)=O)NC(=O)[C@@H](NC(=O)[C@H](CCC(=O)OCC(C)C)NC(=O)[C@H](CCC(=O)OCC(C)C)NC(C)=O)C(C)C)cc1)CC3. The van der Waals surface area contributed by atoms with Crippen molar-refractivity contribution in [2.75, 3.05) is 32.2 Å². The van der Waals surface area contributed by atoms with Crippen LogP contribution in [0.25, 0.3) is 22.3 Å². The number of pyridine rings is 2. The first-order chi connectivity index (χ1) is 44.5. The number of nitrogens with two attached hydrogens (primary N) is 1. The molecule has 0 saturated heterocycles. The molecule has 2 aromatic heterocycles. The Bertz CT molecular complexity index is 3670. The quantitative estimate of drug-likeness (QED) is 0.0185. The Balaban J connectivity index is 1.08. The number of urea groups is 1. The Labute approximate surface area is 541 Å². The van der Waals surface area contributed by atoms with E-state index in [1.807, 2.05) is 27.7 Å². The fourth-order valence-corrected chi connectivity index (χ4v) is 11.4. The highest BCUT2D eigenvalue weighted by Gasteiger charge is 2.46. The molecule has 3 aliphatic rings. The number of benzene rings is 2. The summed E-state index contributed by atoms with van der Waals surface area (Å²) in [6.45, 7) is 14.7. The molecule has 0 fully saturated rings. The first kappa shape index (κ1) is 71.9. The Morgan fingerprint density at radius 3 is 2.00 bits per heavy atom. The van der Waals surface area contributed by atoms with Crippen molar-refractivity contribution in [1.29, 1.82) is 0 Å². The van der Waals surface area contributed by atoms with Crippen molar-refractivity contribution < 1.29 is 85.9 Å². The van der Waals surface area contributed by atoms with E-state index < -0.39 is 125 Å². The van der Waals surface area contributed by atoms with Crippen LogP contribution in [0.3, 0.4) is 0 Å². The number of amides is 8. The number of hydrogen-bond donors (Lipinski definition) is 9. The van der Waals surface area contributed by atoms with Crippen LogP contribution in [0.1, 0.15) is 158 Å². The second-order valence-corrected chi connectivity index (χ2v) is 24.7. The summed E-state index contributed by atoms with van der Waals surface area (Å²) in [4.78, 5) is 165. The molecular weight excluding hydrogens is 1230 g/mol. The molecular formula is C65H83FN10O18. The van der Waals surface area contributed by atoms with E-state index in [1.165, 1.54) is 41.0 Å². The van der Waals surface area contributed by atoms with Gasteiger partial charge in [-0.3, -0.25) is 38.4 Å². The van der Waals surface area contributed by atoms with Gasteiger partial charge in [-0.1, -0.05) is 60.6 Å². The molecule has 8 amide bonds. The van der Waals surface area contributed by atoms with Crippen molar-refractivity contribution in [3.05, 3.63) is 91.5 Å². The van der Waals surface area contributed by atoms with Crippen LogP contribution in [0.5, 0.6) is 0 Å². The van der Waals surface area contributed by atoms with Crippen LogP contribution in [0.15, 0.2) is 41.2 Å². The predicted octanol–water partition coefficient (Wildman–Crippen LogP) is 4.12. The minimum absolute atomic E-state index is 0.0126. The lowest BCUT2D eigenvalue weighted by Crippen LogP contribution is -2.59. The van der Waals surface area contributed by atoms with Gasteiger partial charge in [0.05, 0.1) is 55.4 Å². The van der Waals surface area contributed by atoms with Crippen molar-refractivity contribution in [3.8, 4) is 11.4 Å². The smallest absolute Gasteiger partial charge is 0.408 e. The first-order valence-electron chi connectivity index (χ1n) is 31.3. The summed E-state index contributed by atoms with van der Waals surface area (Å²) in [7, 11) is 1.08. The Kier molecular flexibility index (Phi) is 24.0. The molecule has 508 valence electrons. The van der Waals surface area contributed by atoms with Crippen LogP contribution < -0.4 is 48.5 Å². The maximum absolute atomic E-state index is 15.6. The zero-order valence-corrected chi connectivity index (χ0v) is 54.3. The molecule has 29 heteroatoms. The van der Waals surface area contributed by atoms with Crippen molar-refractivity contribution in [2.45, 2.75) is 175 Å². The number of carbonyl (C=O) groups excluding carboxylic acids is 11. The lowest BCUT2D eigenvalue weighted by molar-refractivity contribution is -0.172. The molecule has 0 unspecified atom stereocenters. The number of anilines is 1. The molecule has 4 aromatic rings. The summed E-state index contributed by atoms with van der Waals surface area (Å²) in [5.41, 5.74) is 5.81. The van der Waals surface area contributed by atoms with Crippen LogP contribution in [-0.4, -0.2) is 131 Å². The van der Waals surface area contributed by atoms with Crippen LogP contribution in [0.4, 0.5) is 19.7 Å². The van der Waals surface area contributed by atoms with Crippen LogP contribution in [0, 0.1) is 30.5 Å². The molecule has 10 N–H and O–H groups in total. The van der Waals surface area contributed by atoms with E-state index in [2.05, 4.69) is 37.2 Å². The van der Waals surface area contributed by atoms with Gasteiger partial charge >= 0.3 is 36.0 Å². The Hall–Kier alpha value is -9.54. The first-order valence-corrected chi connectivity index (χ1v) is 31.3. The lowest BCUT2D eigenvalue weighted by Gasteiger charge is -2.31. The standard InChI is InChI=1S/C65H83FN10O18/c1-11-65(89)41-25-48-54-39(27-76(48)60(84)40(41)30-93-62(65)86)52-43(19-18-38-34(8)42(66)26-47(71-54)51(38)52)74-64(88)94-55(61(85)90-10)36-14-16-37(17-15-36)70-56(80)44(13-12-24-68-63(67)87)73-59(83)53(33(6)7)75-58(82)46(21-23-50(79)92-29-32(4)5)72-57(81)45(69-35(9)77)20-22-49(78)91-28-31(2)3/h14-17,25-26,31-33,43-46,53,55,89H,11-13,18-24,27-30H2,1-10H3,(H,69,77)(H,70,80)(H,72,81)(H,73,83)(H,74,88)(H,75,82)(H3,67,68,87)/t43-,44-,45-,46-,53-,55+,65-/m0/s1. The molecule has 28 nitrogen and oxygen atoms in total. The van der Waals surface area contributed by atoms with Crippen molar-refractivity contribution in [1.82, 2.24) is 41.5 Å². The number of alkyl carbamates (subject to hydrolysis) is 1. The molecule has 7 atom stereocenters. The van der Waals surface area contributed by atoms with Gasteiger partial charge < -0.3 is 76.3 Å². The largest absolute Gasteiger partial charge is 0.466 e. The summed E-state index contributed by atoms with van der Waals surface area (Å²) in [5.74, 6) is -8.44. The van der Waals surface area contributed by atoms with E-state index in [0.717, 1.165) is 14.0 Å². The molecule has 0 saturated carbocycles. The van der Waals surface area contributed by atoms with E-state index in [4.69, 9.17) is 34.4 Å². The molecule has 0 bridgehead atoms. The fraction of sp³-hybridized carbons (Fsp3) is 0.523. The number of ether oxygens (including phenoxy) is 5. The normalized spacial score (nSPS) is 16.8. The number of methoxy groups -OCH3 is 1. The lowest BCUT2D eigenvalue weighted by atomic mass is 9.81. The van der Waals surface area contributed by atoms with E-state index >= 15 is 4.39 Å². The molecule has 1 aliphatic carbocycles. The van der Waals surface area contributed by atoms with Crippen LogP contribution in [-0.2, 0) is 92.0 Å². The van der Waals surface area contributed by atoms with Gasteiger partial charge in [-0.2, -0.15) is 0 Å². The van der Waals surface area contributed by atoms with Gasteiger partial charge in [-0.05, 0) is 105 Å². The molecule has 4 heterocycles. The second-order valence-electron chi connectivity index (χ2n) is 24.7. The predicted molar refractivity (Wildman–Crippen MR) is 335 cm³/mol. The minimum atomic E-state index is -2.12. The number of esters is 4. The number of fused-ring (bicyclic) bond motifs is 5. The number of aryl methyl sites for hydroxylation is 1. The fourth-order valence-electron chi connectivity index (χ4n) is 11.4. The average molecular weight is 1310 g/mol. The summed E-state index contributed by atoms with van der Waals surface area (Å²) < 4.78 is 43.7. The molecule has 94 heavy (non-hydrogen) atoms. The van der Waals surface area contributed by atoms with Crippen LogP contribution >= 0.6 is 0 Å². The monoisotopic (exact) mass is 1310 g/mol. The maximum Gasteiger partial charge on any atom is 0.408 e. The van der Waals surface area contributed by atoms with Gasteiger partial charge in [0.2, 0.25) is 35.6 Å². The second kappa shape index (κ2) is 31.4. The Morgan fingerprint density at radius 1 is 0.809 bits per heavy atom. The van der Waals surface area contributed by atoms with Gasteiger partial charge in [0.1, 0.15) is 36.6 Å². The third-order valence-electron chi connectivity index (χ3n) is 16.4. The summed E-state index contributed by atoms with van der Waals surface area (Å²) >= 11 is 0. The number of primary amides is 1. The number of aliphatic hydroxyl groups is 1. The van der Waals surface area contributed by atoms with Crippen molar-refractivity contribution in [3.63, 3.8) is 0 Å². The number of rotatable bonds is 29. The number of carbonyl (C=O) groups is 11. The topological polar surface area (TPSA) is 399 Å². The number of halogens is 1. The number of nitrogens with zero attached hydrogens (tertiary/aromatic N) is 2. The zero-order valence-electron chi connectivity index (χ0n) is 54.3. The van der Waals surface area contributed by atoms with Gasteiger partial charge in [0.25, 0.3) is 5.56 Å². The number of cyclic esters (lactones) is 1. The third-order valence-corrected chi connectivity index (χ3v) is 16.4. The minimum Gasteiger partial charge on any atom is -0.466 e. The average Bonchev–Trinajstić information content (AvgIpc) is 1.52. The van der Waals surface area contributed by atoms with Gasteiger partial charge in [-0.25, -0.2) is 28.6 Å². The van der Waals surface area contributed by atoms with E-state index in [0.29, 0.717) is 27.6 Å². The highest BCUT2D eigenvalue weighted by molar-refractivity contribution is 6.00. The maximum atomic E-state index is 15.6. The summed E-state index contributed by atoms with van der Waals surface area (Å²) in [5, 5.41) is 30.4. The molecule has 2 aliphatic heterocycles. The number of aromatic nitrogens is 2. The summed E-state index contributed by atoms with van der Waals surface area (Å²) in [6, 6.07) is 1.03. The molecule has 0 spiro atoms. The number of nitrogens with one attached hydrogen (secondary N) is 7. The van der Waals surface area contributed by atoms with Crippen molar-refractivity contribution in [2.24, 2.45) is 23.5 Å². The summed E-state index contributed by atoms with van der Waals surface area (Å²) in [6.07, 6.45) is -3.51. The molecule has 0 radical (unpaired) electrons. The molecule has 2 aromatic carbocycles.